The normalized spacial score (nSPS) is 11.3. The molecule has 0 aliphatic rings. The van der Waals surface area contributed by atoms with Gasteiger partial charge in [0.15, 0.2) is 12.4 Å². The number of carbonyl (C=O) groups is 1. The first kappa shape index (κ1) is 11.7. The molecule has 0 bridgehead atoms. The van der Waals surface area contributed by atoms with Crippen LogP contribution in [0.2, 0.25) is 0 Å². The molecular weight excluding hydrogens is 188 g/mol. The Morgan fingerprint density at radius 2 is 2.00 bits per heavy atom. The molecule has 1 heterocycles. The smallest absolute Gasteiger partial charge is 0.260 e. The van der Waals surface area contributed by atoms with E-state index in [1.165, 1.54) is 0 Å². The highest BCUT2D eigenvalue weighted by molar-refractivity contribution is 5.93. The van der Waals surface area contributed by atoms with Crippen LogP contribution in [0.3, 0.4) is 0 Å². The molecule has 3 nitrogen and oxygen atoms in total. The number of aryl methyl sites for hydroxylation is 1. The van der Waals surface area contributed by atoms with Gasteiger partial charge in [-0.1, -0.05) is 0 Å². The second-order valence-electron chi connectivity index (χ2n) is 4.79. The van der Waals surface area contributed by atoms with Crippen LogP contribution in [-0.2, 0) is 7.05 Å². The van der Waals surface area contributed by atoms with Crippen molar-refractivity contribution < 1.29 is 9.36 Å². The SMILES string of the molecule is CN(C(=O)c1ccc[n+](C)c1)C(C)(C)C. The minimum atomic E-state index is -0.147. The Morgan fingerprint density at radius 3 is 2.47 bits per heavy atom. The number of amides is 1. The van der Waals surface area contributed by atoms with Gasteiger partial charge in [-0.15, -0.1) is 0 Å². The molecule has 0 atom stereocenters. The minimum Gasteiger partial charge on any atom is -0.337 e. The van der Waals surface area contributed by atoms with Crippen LogP contribution in [0, 0.1) is 0 Å². The summed E-state index contributed by atoms with van der Waals surface area (Å²) in [5, 5.41) is 0. The summed E-state index contributed by atoms with van der Waals surface area (Å²) in [7, 11) is 3.74. The molecular formula is C12H19N2O+. The zero-order chi connectivity index (χ0) is 11.6. The van der Waals surface area contributed by atoms with Crippen LogP contribution in [0.1, 0.15) is 31.1 Å². The fourth-order valence-electron chi connectivity index (χ4n) is 1.21. The van der Waals surface area contributed by atoms with Crippen molar-refractivity contribution in [2.24, 2.45) is 7.05 Å². The van der Waals surface area contributed by atoms with Gasteiger partial charge in [0.1, 0.15) is 12.6 Å². The number of hydrogen-bond acceptors (Lipinski definition) is 1. The third-order valence-corrected chi connectivity index (χ3v) is 2.50. The van der Waals surface area contributed by atoms with E-state index < -0.39 is 0 Å². The molecule has 1 rings (SSSR count). The van der Waals surface area contributed by atoms with E-state index in [1.807, 2.05) is 64.0 Å². The van der Waals surface area contributed by atoms with E-state index in [0.29, 0.717) is 0 Å². The molecule has 0 N–H and O–H groups in total. The van der Waals surface area contributed by atoms with Crippen molar-refractivity contribution in [2.45, 2.75) is 26.3 Å². The lowest BCUT2D eigenvalue weighted by Gasteiger charge is -2.31. The number of aromatic nitrogens is 1. The zero-order valence-electron chi connectivity index (χ0n) is 10.1. The first-order chi connectivity index (χ1) is 6.82. The second-order valence-corrected chi connectivity index (χ2v) is 4.79. The molecule has 0 fully saturated rings. The molecule has 0 aliphatic heterocycles. The van der Waals surface area contributed by atoms with Gasteiger partial charge < -0.3 is 4.90 Å². The van der Waals surface area contributed by atoms with E-state index in [0.717, 1.165) is 5.56 Å². The third-order valence-electron chi connectivity index (χ3n) is 2.50. The maximum absolute atomic E-state index is 12.1. The van der Waals surface area contributed by atoms with E-state index in [4.69, 9.17) is 0 Å². The first-order valence-corrected chi connectivity index (χ1v) is 5.06. The van der Waals surface area contributed by atoms with Crippen LogP contribution in [0.15, 0.2) is 24.5 Å². The van der Waals surface area contributed by atoms with Crippen LogP contribution < -0.4 is 4.57 Å². The van der Waals surface area contributed by atoms with Gasteiger partial charge in [0.2, 0.25) is 0 Å². The molecule has 0 unspecified atom stereocenters. The van der Waals surface area contributed by atoms with E-state index in [1.54, 1.807) is 4.90 Å². The monoisotopic (exact) mass is 207 g/mol. The summed E-state index contributed by atoms with van der Waals surface area (Å²) in [6, 6.07) is 3.72. The Balaban J connectivity index is 2.95. The summed E-state index contributed by atoms with van der Waals surface area (Å²) < 4.78 is 1.88. The Kier molecular flexibility index (Phi) is 3.12. The number of nitrogens with zero attached hydrogens (tertiary/aromatic N) is 2. The number of carbonyl (C=O) groups excluding carboxylic acids is 1. The highest BCUT2D eigenvalue weighted by atomic mass is 16.2. The molecule has 3 heteroatoms. The van der Waals surface area contributed by atoms with Crippen LogP contribution in [-0.4, -0.2) is 23.4 Å². The van der Waals surface area contributed by atoms with Crippen molar-refractivity contribution in [3.05, 3.63) is 30.1 Å². The van der Waals surface area contributed by atoms with Crippen molar-refractivity contribution in [1.29, 1.82) is 0 Å². The molecule has 0 saturated heterocycles. The second kappa shape index (κ2) is 4.01. The summed E-state index contributed by atoms with van der Waals surface area (Å²) in [6.07, 6.45) is 3.75. The summed E-state index contributed by atoms with van der Waals surface area (Å²) >= 11 is 0. The highest BCUT2D eigenvalue weighted by Gasteiger charge is 2.24. The van der Waals surface area contributed by atoms with Crippen molar-refractivity contribution in [1.82, 2.24) is 4.90 Å². The number of rotatable bonds is 1. The predicted octanol–water partition coefficient (Wildman–Crippen LogP) is 1.38. The molecule has 1 aromatic heterocycles. The van der Waals surface area contributed by atoms with Crippen LogP contribution in [0.4, 0.5) is 0 Å². The van der Waals surface area contributed by atoms with Gasteiger partial charge in [0.05, 0.1) is 0 Å². The molecule has 0 aromatic carbocycles. The standard InChI is InChI=1S/C12H19N2O/c1-12(2,3)14(5)11(15)10-7-6-8-13(4)9-10/h6-9H,1-5H3/q+1. The molecule has 82 valence electrons. The topological polar surface area (TPSA) is 24.2 Å². The van der Waals surface area contributed by atoms with E-state index in [9.17, 15) is 4.79 Å². The Morgan fingerprint density at radius 1 is 1.40 bits per heavy atom. The van der Waals surface area contributed by atoms with Crippen molar-refractivity contribution in [2.75, 3.05) is 7.05 Å². The van der Waals surface area contributed by atoms with Crippen molar-refractivity contribution in [3.8, 4) is 0 Å². The summed E-state index contributed by atoms with van der Waals surface area (Å²) in [5.41, 5.74) is 0.573. The van der Waals surface area contributed by atoms with Gasteiger partial charge >= 0.3 is 0 Å². The van der Waals surface area contributed by atoms with E-state index in [-0.39, 0.29) is 11.4 Å². The number of hydrogen-bond donors (Lipinski definition) is 0. The van der Waals surface area contributed by atoms with E-state index in [2.05, 4.69) is 0 Å². The number of pyridine rings is 1. The lowest BCUT2D eigenvalue weighted by atomic mass is 10.1. The maximum atomic E-state index is 12.1. The highest BCUT2D eigenvalue weighted by Crippen LogP contribution is 2.13. The fourth-order valence-corrected chi connectivity index (χ4v) is 1.21. The molecule has 15 heavy (non-hydrogen) atoms. The average Bonchev–Trinajstić information content (AvgIpc) is 2.14. The molecule has 1 amide bonds. The van der Waals surface area contributed by atoms with Gasteiger partial charge in [0, 0.05) is 18.7 Å². The van der Waals surface area contributed by atoms with Gasteiger partial charge in [-0.05, 0) is 26.8 Å². The van der Waals surface area contributed by atoms with Crippen LogP contribution in [0.5, 0.6) is 0 Å². The maximum Gasteiger partial charge on any atom is 0.260 e. The molecule has 0 spiro atoms. The van der Waals surface area contributed by atoms with Gasteiger partial charge in [-0.25, -0.2) is 4.57 Å². The van der Waals surface area contributed by atoms with Crippen LogP contribution in [0.25, 0.3) is 0 Å². The van der Waals surface area contributed by atoms with E-state index >= 15 is 0 Å². The predicted molar refractivity (Wildman–Crippen MR) is 59.5 cm³/mol. The lowest BCUT2D eigenvalue weighted by molar-refractivity contribution is -0.671. The average molecular weight is 207 g/mol. The largest absolute Gasteiger partial charge is 0.337 e. The molecule has 1 aromatic rings. The van der Waals surface area contributed by atoms with Gasteiger partial charge in [0.25, 0.3) is 5.91 Å². The first-order valence-electron chi connectivity index (χ1n) is 5.06. The zero-order valence-corrected chi connectivity index (χ0v) is 10.1. The molecule has 0 saturated carbocycles. The van der Waals surface area contributed by atoms with Crippen LogP contribution >= 0.6 is 0 Å². The van der Waals surface area contributed by atoms with Crippen molar-refractivity contribution in [3.63, 3.8) is 0 Å². The quantitative estimate of drug-likeness (QED) is 0.638. The summed E-state index contributed by atoms with van der Waals surface area (Å²) in [5.74, 6) is 0.0544. The van der Waals surface area contributed by atoms with Crippen molar-refractivity contribution >= 4 is 5.91 Å². The summed E-state index contributed by atoms with van der Waals surface area (Å²) in [6.45, 7) is 6.06. The fraction of sp³-hybridized carbons (Fsp3) is 0.500. The molecule has 0 radical (unpaired) electrons. The van der Waals surface area contributed by atoms with Gasteiger partial charge in [-0.2, -0.15) is 0 Å². The Hall–Kier alpha value is -1.38. The van der Waals surface area contributed by atoms with Gasteiger partial charge in [-0.3, -0.25) is 4.79 Å². The third kappa shape index (κ3) is 2.78. The Bertz CT molecular complexity index is 366. The lowest BCUT2D eigenvalue weighted by Crippen LogP contribution is -2.43. The molecule has 0 aliphatic carbocycles. The summed E-state index contributed by atoms with van der Waals surface area (Å²) in [4.78, 5) is 13.8. The minimum absolute atomic E-state index is 0.0544. The Labute approximate surface area is 91.3 Å².